The molecular formula is C19H20N4O3. The molecule has 0 saturated carbocycles. The predicted octanol–water partition coefficient (Wildman–Crippen LogP) is 2.39. The molecule has 0 spiro atoms. The zero-order valence-corrected chi connectivity index (χ0v) is 14.4. The van der Waals surface area contributed by atoms with Gasteiger partial charge in [0.1, 0.15) is 0 Å². The zero-order valence-electron chi connectivity index (χ0n) is 14.4. The number of para-hydroxylation sites is 1. The van der Waals surface area contributed by atoms with Crippen LogP contribution in [-0.2, 0) is 17.7 Å². The lowest BCUT2D eigenvalue weighted by atomic mass is 10.1. The van der Waals surface area contributed by atoms with E-state index in [1.165, 1.54) is 18.1 Å². The number of benzene rings is 1. The quantitative estimate of drug-likeness (QED) is 0.635. The smallest absolute Gasteiger partial charge is 0.407 e. The highest BCUT2D eigenvalue weighted by Crippen LogP contribution is 2.17. The van der Waals surface area contributed by atoms with Gasteiger partial charge in [-0.25, -0.2) is 4.79 Å². The number of H-pyrrole nitrogens is 1. The van der Waals surface area contributed by atoms with Crippen molar-refractivity contribution in [3.05, 3.63) is 65.6 Å². The highest BCUT2D eigenvalue weighted by Gasteiger charge is 2.09. The van der Waals surface area contributed by atoms with Crippen molar-refractivity contribution in [2.24, 2.45) is 0 Å². The Morgan fingerprint density at radius 1 is 1.19 bits per heavy atom. The third kappa shape index (κ3) is 4.18. The van der Waals surface area contributed by atoms with Gasteiger partial charge in [-0.15, -0.1) is 0 Å². The topological polar surface area (TPSA) is 96.1 Å². The highest BCUT2D eigenvalue weighted by molar-refractivity contribution is 5.94. The molecule has 3 rings (SSSR count). The Kier molecular flexibility index (Phi) is 5.48. The van der Waals surface area contributed by atoms with E-state index in [0.29, 0.717) is 17.8 Å². The lowest BCUT2D eigenvalue weighted by molar-refractivity contribution is 0.0954. The van der Waals surface area contributed by atoms with E-state index >= 15 is 0 Å². The van der Waals surface area contributed by atoms with E-state index in [0.717, 1.165) is 11.9 Å². The van der Waals surface area contributed by atoms with Crippen LogP contribution in [0.15, 0.2) is 48.8 Å². The molecule has 0 saturated heterocycles. The average molecular weight is 352 g/mol. The molecule has 2 amide bonds. The fourth-order valence-corrected chi connectivity index (χ4v) is 2.70. The monoisotopic (exact) mass is 352 g/mol. The van der Waals surface area contributed by atoms with Crippen LogP contribution in [0.5, 0.6) is 0 Å². The summed E-state index contributed by atoms with van der Waals surface area (Å²) in [6.07, 6.45) is 3.71. The second-order valence-electron chi connectivity index (χ2n) is 5.75. The van der Waals surface area contributed by atoms with Gasteiger partial charge in [0.15, 0.2) is 0 Å². The largest absolute Gasteiger partial charge is 0.453 e. The Labute approximate surface area is 150 Å². The van der Waals surface area contributed by atoms with Crippen LogP contribution in [0.4, 0.5) is 4.79 Å². The van der Waals surface area contributed by atoms with Crippen LogP contribution in [0.3, 0.4) is 0 Å². The third-order valence-corrected chi connectivity index (χ3v) is 4.03. The van der Waals surface area contributed by atoms with Crippen LogP contribution < -0.4 is 10.6 Å². The fraction of sp³-hybridized carbons (Fsp3) is 0.211. The predicted molar refractivity (Wildman–Crippen MR) is 97.8 cm³/mol. The van der Waals surface area contributed by atoms with Crippen molar-refractivity contribution >= 4 is 22.9 Å². The minimum Gasteiger partial charge on any atom is -0.453 e. The summed E-state index contributed by atoms with van der Waals surface area (Å²) in [6, 6.07) is 11.4. The Morgan fingerprint density at radius 2 is 2.04 bits per heavy atom. The van der Waals surface area contributed by atoms with Crippen LogP contribution in [0, 0.1) is 0 Å². The summed E-state index contributed by atoms with van der Waals surface area (Å²) < 4.78 is 4.51. The Balaban J connectivity index is 1.55. The zero-order chi connectivity index (χ0) is 18.4. The molecule has 2 heterocycles. The van der Waals surface area contributed by atoms with Gasteiger partial charge >= 0.3 is 6.09 Å². The molecule has 7 nitrogen and oxygen atoms in total. The van der Waals surface area contributed by atoms with Crippen molar-refractivity contribution in [1.29, 1.82) is 0 Å². The number of carbonyl (C=O) groups is 2. The summed E-state index contributed by atoms with van der Waals surface area (Å²) in [5.41, 5.74) is 3.34. The lowest BCUT2D eigenvalue weighted by Gasteiger charge is -2.07. The number of nitrogens with one attached hydrogen (secondary N) is 3. The number of hydrogen-bond donors (Lipinski definition) is 3. The van der Waals surface area contributed by atoms with Crippen LogP contribution >= 0.6 is 0 Å². The van der Waals surface area contributed by atoms with Gasteiger partial charge < -0.3 is 20.4 Å². The number of alkyl carbamates (subject to hydrolysis) is 1. The van der Waals surface area contributed by atoms with E-state index < -0.39 is 6.09 Å². The molecule has 3 N–H and O–H groups in total. The van der Waals surface area contributed by atoms with Crippen LogP contribution in [0.1, 0.15) is 21.6 Å². The van der Waals surface area contributed by atoms with Crippen molar-refractivity contribution in [3.63, 3.8) is 0 Å². The number of fused-ring (bicyclic) bond motifs is 1. The first-order chi connectivity index (χ1) is 12.7. The van der Waals surface area contributed by atoms with Crippen molar-refractivity contribution < 1.29 is 14.3 Å². The maximum atomic E-state index is 12.3. The molecule has 0 atom stereocenters. The van der Waals surface area contributed by atoms with Gasteiger partial charge in [0.2, 0.25) is 0 Å². The SMILES string of the molecule is COC(=O)NCc1cc(C(=O)NCCc2c[nH]c3ccccc23)ccn1. The standard InChI is InChI=1S/C19H20N4O3/c1-26-19(25)23-12-15-10-13(6-8-20-15)18(24)21-9-7-14-11-22-17-5-3-2-4-16(14)17/h2-6,8,10-11,22H,7,9,12H2,1H3,(H,21,24)(H,23,25). The minimum absolute atomic E-state index is 0.174. The maximum Gasteiger partial charge on any atom is 0.407 e. The number of aromatic amines is 1. The number of ether oxygens (including phenoxy) is 1. The number of amides is 2. The van der Waals surface area contributed by atoms with Crippen molar-refractivity contribution in [1.82, 2.24) is 20.6 Å². The maximum absolute atomic E-state index is 12.3. The number of aromatic nitrogens is 2. The second kappa shape index (κ2) is 8.15. The van der Waals surface area contributed by atoms with E-state index in [2.05, 4.69) is 31.4 Å². The van der Waals surface area contributed by atoms with E-state index in [1.54, 1.807) is 18.3 Å². The van der Waals surface area contributed by atoms with Gasteiger partial charge in [0.25, 0.3) is 5.91 Å². The number of hydrogen-bond acceptors (Lipinski definition) is 4. The first kappa shape index (κ1) is 17.5. The molecule has 7 heteroatoms. The molecule has 2 aromatic heterocycles. The summed E-state index contributed by atoms with van der Waals surface area (Å²) in [5.74, 6) is -0.174. The number of carbonyl (C=O) groups excluding carboxylic acids is 2. The van der Waals surface area contributed by atoms with Crippen molar-refractivity contribution in [2.75, 3.05) is 13.7 Å². The van der Waals surface area contributed by atoms with Gasteiger partial charge in [0.05, 0.1) is 19.3 Å². The molecular weight excluding hydrogens is 332 g/mol. The number of methoxy groups -OCH3 is 1. The van der Waals surface area contributed by atoms with Crippen molar-refractivity contribution in [2.45, 2.75) is 13.0 Å². The Bertz CT molecular complexity index is 920. The highest BCUT2D eigenvalue weighted by atomic mass is 16.5. The number of pyridine rings is 1. The van der Waals surface area contributed by atoms with E-state index in [-0.39, 0.29) is 12.5 Å². The summed E-state index contributed by atoms with van der Waals surface area (Å²) in [5, 5.41) is 6.62. The number of nitrogens with zero attached hydrogens (tertiary/aromatic N) is 1. The average Bonchev–Trinajstić information content (AvgIpc) is 3.09. The third-order valence-electron chi connectivity index (χ3n) is 4.03. The molecule has 0 radical (unpaired) electrons. The van der Waals surface area contributed by atoms with E-state index in [9.17, 15) is 9.59 Å². The molecule has 0 aliphatic heterocycles. The van der Waals surface area contributed by atoms with Crippen LogP contribution in [0.2, 0.25) is 0 Å². The van der Waals surface area contributed by atoms with Gasteiger partial charge in [-0.1, -0.05) is 18.2 Å². The molecule has 134 valence electrons. The first-order valence-electron chi connectivity index (χ1n) is 8.27. The summed E-state index contributed by atoms with van der Waals surface area (Å²) in [4.78, 5) is 30.8. The molecule has 0 bridgehead atoms. The lowest BCUT2D eigenvalue weighted by Crippen LogP contribution is -2.26. The normalized spacial score (nSPS) is 10.5. The van der Waals surface area contributed by atoms with Gasteiger partial charge in [-0.05, 0) is 30.2 Å². The van der Waals surface area contributed by atoms with Crippen LogP contribution in [0.25, 0.3) is 10.9 Å². The summed E-state index contributed by atoms with van der Waals surface area (Å²) in [7, 11) is 1.29. The molecule has 0 fully saturated rings. The Hall–Kier alpha value is -3.35. The van der Waals surface area contributed by atoms with E-state index in [1.807, 2.05) is 24.4 Å². The fourth-order valence-electron chi connectivity index (χ4n) is 2.70. The van der Waals surface area contributed by atoms with Gasteiger partial charge in [0, 0.05) is 35.4 Å². The minimum atomic E-state index is -0.541. The van der Waals surface area contributed by atoms with Crippen molar-refractivity contribution in [3.8, 4) is 0 Å². The second-order valence-corrected chi connectivity index (χ2v) is 5.75. The molecule has 0 unspecified atom stereocenters. The van der Waals surface area contributed by atoms with Crippen LogP contribution in [-0.4, -0.2) is 35.6 Å². The molecule has 1 aromatic carbocycles. The summed E-state index contributed by atoms with van der Waals surface area (Å²) >= 11 is 0. The molecule has 0 aliphatic rings. The van der Waals surface area contributed by atoms with Gasteiger partial charge in [-0.3, -0.25) is 9.78 Å². The van der Waals surface area contributed by atoms with E-state index in [4.69, 9.17) is 0 Å². The number of rotatable bonds is 6. The Morgan fingerprint density at radius 3 is 2.88 bits per heavy atom. The summed E-state index contributed by atoms with van der Waals surface area (Å²) in [6.45, 7) is 0.724. The molecule has 0 aliphatic carbocycles. The van der Waals surface area contributed by atoms with Gasteiger partial charge in [-0.2, -0.15) is 0 Å². The molecule has 26 heavy (non-hydrogen) atoms. The first-order valence-corrected chi connectivity index (χ1v) is 8.27. The molecule has 3 aromatic rings.